The van der Waals surface area contributed by atoms with Gasteiger partial charge in [0.25, 0.3) is 0 Å². The Balaban J connectivity index is 1.82. The number of thiophene rings is 1. The lowest BCUT2D eigenvalue weighted by molar-refractivity contribution is 0.468. The lowest BCUT2D eigenvalue weighted by atomic mass is 10.1. The van der Waals surface area contributed by atoms with Crippen molar-refractivity contribution < 1.29 is 4.74 Å². The first-order valence-corrected chi connectivity index (χ1v) is 9.18. The van der Waals surface area contributed by atoms with E-state index in [9.17, 15) is 0 Å². The minimum absolute atomic E-state index is 0.477. The zero-order valence-corrected chi connectivity index (χ0v) is 14.6. The van der Waals surface area contributed by atoms with Gasteiger partial charge >= 0.3 is 0 Å². The van der Waals surface area contributed by atoms with Crippen LogP contribution >= 0.6 is 34.5 Å². The van der Waals surface area contributed by atoms with Crippen LogP contribution in [0.2, 0.25) is 10.0 Å². The molecule has 0 bridgehead atoms. The molecule has 1 aliphatic rings. The maximum Gasteiger partial charge on any atom is 0.231 e. The Morgan fingerprint density at radius 2 is 1.91 bits per heavy atom. The van der Waals surface area contributed by atoms with Crippen LogP contribution in [0.1, 0.15) is 29.7 Å². The molecule has 3 nitrogen and oxygen atoms in total. The fourth-order valence-corrected chi connectivity index (χ4v) is 4.64. The smallest absolute Gasteiger partial charge is 0.231 e. The molecule has 0 N–H and O–H groups in total. The molecule has 118 valence electrons. The summed E-state index contributed by atoms with van der Waals surface area (Å²) < 4.78 is 6.01. The molecule has 1 aliphatic carbocycles. The molecule has 2 heterocycles. The van der Waals surface area contributed by atoms with Gasteiger partial charge in [-0.05, 0) is 49.4 Å². The van der Waals surface area contributed by atoms with E-state index in [1.807, 2.05) is 0 Å². The SMILES string of the molecule is Clc1ccc(Oc2ncnc3sc4c(c23)CCCCC4)c(Cl)c1. The highest BCUT2D eigenvalue weighted by Gasteiger charge is 2.20. The van der Waals surface area contributed by atoms with Crippen LogP contribution in [-0.4, -0.2) is 9.97 Å². The highest BCUT2D eigenvalue weighted by molar-refractivity contribution is 7.18. The molecular formula is C17H14Cl2N2OS. The first kappa shape index (κ1) is 15.2. The molecule has 0 fully saturated rings. The summed E-state index contributed by atoms with van der Waals surface area (Å²) in [5.41, 5.74) is 1.35. The normalized spacial score (nSPS) is 14.5. The summed E-state index contributed by atoms with van der Waals surface area (Å²) in [5.74, 6) is 1.14. The summed E-state index contributed by atoms with van der Waals surface area (Å²) in [7, 11) is 0. The zero-order valence-electron chi connectivity index (χ0n) is 12.3. The second kappa shape index (κ2) is 6.27. The van der Waals surface area contributed by atoms with Crippen molar-refractivity contribution in [3.63, 3.8) is 0 Å². The lowest BCUT2D eigenvalue weighted by Crippen LogP contribution is -1.93. The van der Waals surface area contributed by atoms with E-state index in [-0.39, 0.29) is 0 Å². The van der Waals surface area contributed by atoms with E-state index < -0.39 is 0 Å². The third-order valence-corrected chi connectivity index (χ3v) is 5.80. The molecular weight excluding hydrogens is 351 g/mol. The third-order valence-electron chi connectivity index (χ3n) is 4.07. The number of aromatic nitrogens is 2. The Kier molecular flexibility index (Phi) is 4.14. The second-order valence-corrected chi connectivity index (χ2v) is 7.53. The van der Waals surface area contributed by atoms with Crippen molar-refractivity contribution in [2.45, 2.75) is 32.1 Å². The molecule has 0 spiro atoms. The predicted molar refractivity (Wildman–Crippen MR) is 95.2 cm³/mol. The van der Waals surface area contributed by atoms with Crippen LogP contribution in [0.4, 0.5) is 0 Å². The van der Waals surface area contributed by atoms with Gasteiger partial charge in [0, 0.05) is 9.90 Å². The molecule has 0 saturated heterocycles. The van der Waals surface area contributed by atoms with E-state index in [1.54, 1.807) is 35.9 Å². The first-order chi connectivity index (χ1) is 11.2. The Bertz CT molecular complexity index is 878. The number of halogens is 2. The highest BCUT2D eigenvalue weighted by Crippen LogP contribution is 2.40. The molecule has 0 saturated carbocycles. The largest absolute Gasteiger partial charge is 0.437 e. The molecule has 0 unspecified atom stereocenters. The molecule has 0 amide bonds. The van der Waals surface area contributed by atoms with Gasteiger partial charge in [0.05, 0.1) is 10.4 Å². The Morgan fingerprint density at radius 1 is 1.04 bits per heavy atom. The zero-order chi connectivity index (χ0) is 15.8. The van der Waals surface area contributed by atoms with Crippen molar-refractivity contribution in [1.82, 2.24) is 9.97 Å². The highest BCUT2D eigenvalue weighted by atomic mass is 35.5. The van der Waals surface area contributed by atoms with E-state index in [0.717, 1.165) is 23.1 Å². The summed E-state index contributed by atoms with van der Waals surface area (Å²) in [4.78, 5) is 11.2. The van der Waals surface area contributed by atoms with Crippen LogP contribution < -0.4 is 4.74 Å². The minimum atomic E-state index is 0.477. The molecule has 1 aromatic carbocycles. The average Bonchev–Trinajstić information content (AvgIpc) is 2.73. The monoisotopic (exact) mass is 364 g/mol. The van der Waals surface area contributed by atoms with Crippen molar-refractivity contribution in [3.05, 3.63) is 45.0 Å². The van der Waals surface area contributed by atoms with Gasteiger partial charge in [-0.15, -0.1) is 11.3 Å². The molecule has 0 atom stereocenters. The van der Waals surface area contributed by atoms with Crippen molar-refractivity contribution in [2.75, 3.05) is 0 Å². The maximum absolute atomic E-state index is 6.22. The van der Waals surface area contributed by atoms with Gasteiger partial charge in [0.15, 0.2) is 0 Å². The Hall–Kier alpha value is -1.36. The number of benzene rings is 1. The number of aryl methyl sites for hydroxylation is 2. The first-order valence-electron chi connectivity index (χ1n) is 7.60. The summed E-state index contributed by atoms with van der Waals surface area (Å²) in [5, 5.41) is 2.10. The van der Waals surface area contributed by atoms with Crippen molar-refractivity contribution in [1.29, 1.82) is 0 Å². The fourth-order valence-electron chi connectivity index (χ4n) is 2.98. The molecule has 4 rings (SSSR count). The number of fused-ring (bicyclic) bond motifs is 3. The van der Waals surface area contributed by atoms with Crippen molar-refractivity contribution >= 4 is 44.8 Å². The molecule has 0 aliphatic heterocycles. The van der Waals surface area contributed by atoms with E-state index in [4.69, 9.17) is 27.9 Å². The Labute approximate surface area is 148 Å². The van der Waals surface area contributed by atoms with Crippen molar-refractivity contribution in [2.24, 2.45) is 0 Å². The standard InChI is InChI=1S/C17H14Cl2N2OS/c18-10-6-7-13(12(19)8-10)22-16-15-11-4-2-1-3-5-14(11)23-17(15)21-9-20-16/h6-9H,1-5H2. The van der Waals surface area contributed by atoms with Crippen LogP contribution in [0.25, 0.3) is 10.2 Å². The van der Waals surface area contributed by atoms with Crippen LogP contribution in [0, 0.1) is 0 Å². The van der Waals surface area contributed by atoms with E-state index in [0.29, 0.717) is 21.7 Å². The van der Waals surface area contributed by atoms with Gasteiger partial charge in [-0.1, -0.05) is 29.6 Å². The van der Waals surface area contributed by atoms with Gasteiger partial charge in [-0.25, -0.2) is 9.97 Å². The van der Waals surface area contributed by atoms with Crippen LogP contribution in [0.5, 0.6) is 11.6 Å². The summed E-state index contributed by atoms with van der Waals surface area (Å²) in [6.07, 6.45) is 7.46. The van der Waals surface area contributed by atoms with Gasteiger partial charge in [-0.2, -0.15) is 0 Å². The number of hydrogen-bond acceptors (Lipinski definition) is 4. The average molecular weight is 365 g/mol. The molecule has 3 aromatic rings. The predicted octanol–water partition coefficient (Wildman–Crippen LogP) is 6.06. The van der Waals surface area contributed by atoms with Crippen LogP contribution in [0.15, 0.2) is 24.5 Å². The number of ether oxygens (including phenoxy) is 1. The maximum atomic E-state index is 6.22. The van der Waals surface area contributed by atoms with Crippen LogP contribution in [0.3, 0.4) is 0 Å². The van der Waals surface area contributed by atoms with Crippen molar-refractivity contribution in [3.8, 4) is 11.6 Å². The summed E-state index contributed by atoms with van der Waals surface area (Å²) in [6, 6.07) is 5.20. The van der Waals surface area contributed by atoms with E-state index in [2.05, 4.69) is 9.97 Å². The van der Waals surface area contributed by atoms with Gasteiger partial charge in [0.1, 0.15) is 16.9 Å². The molecule has 23 heavy (non-hydrogen) atoms. The summed E-state index contributed by atoms with van der Waals surface area (Å²) >= 11 is 13.9. The topological polar surface area (TPSA) is 35.0 Å². The molecule has 2 aromatic heterocycles. The van der Waals surface area contributed by atoms with E-state index in [1.165, 1.54) is 29.7 Å². The fraction of sp³-hybridized carbons (Fsp3) is 0.294. The lowest BCUT2D eigenvalue weighted by Gasteiger charge is -2.09. The quantitative estimate of drug-likeness (QED) is 0.518. The summed E-state index contributed by atoms with van der Waals surface area (Å²) in [6.45, 7) is 0. The molecule has 0 radical (unpaired) electrons. The Morgan fingerprint density at radius 3 is 2.78 bits per heavy atom. The number of nitrogens with zero attached hydrogens (tertiary/aromatic N) is 2. The van der Waals surface area contributed by atoms with Gasteiger partial charge < -0.3 is 4.74 Å². The number of rotatable bonds is 2. The second-order valence-electron chi connectivity index (χ2n) is 5.60. The molecule has 6 heteroatoms. The third kappa shape index (κ3) is 2.91. The van der Waals surface area contributed by atoms with Gasteiger partial charge in [-0.3, -0.25) is 0 Å². The van der Waals surface area contributed by atoms with E-state index >= 15 is 0 Å². The minimum Gasteiger partial charge on any atom is -0.437 e. The number of hydrogen-bond donors (Lipinski definition) is 0. The van der Waals surface area contributed by atoms with Crippen LogP contribution in [-0.2, 0) is 12.8 Å². The van der Waals surface area contributed by atoms with Gasteiger partial charge in [0.2, 0.25) is 5.88 Å².